The van der Waals surface area contributed by atoms with Gasteiger partial charge in [0, 0.05) is 11.0 Å². The lowest BCUT2D eigenvalue weighted by molar-refractivity contribution is -0.137. The summed E-state index contributed by atoms with van der Waals surface area (Å²) in [6.45, 7) is 5.64. The molecule has 0 saturated heterocycles. The summed E-state index contributed by atoms with van der Waals surface area (Å²) in [7, 11) is 0.346. The normalized spacial score (nSPS) is 12.5. The third-order valence-electron chi connectivity index (χ3n) is 2.93. The van der Waals surface area contributed by atoms with E-state index in [4.69, 9.17) is 4.43 Å². The smallest absolute Gasteiger partial charge is 0.331 e. The van der Waals surface area contributed by atoms with Gasteiger partial charge in [0.25, 0.3) is 5.97 Å². The molecule has 0 aliphatic rings. The number of hydrogen-bond donors (Lipinski definition) is 1. The van der Waals surface area contributed by atoms with Crippen LogP contribution in [-0.2, 0) is 14.0 Å². The predicted molar refractivity (Wildman–Crippen MR) is 74.3 cm³/mol. The van der Waals surface area contributed by atoms with Gasteiger partial charge in [0.2, 0.25) is 10.5 Å². The van der Waals surface area contributed by atoms with Crippen LogP contribution in [0.25, 0.3) is 0 Å². The van der Waals surface area contributed by atoms with Crippen molar-refractivity contribution in [1.29, 1.82) is 0 Å². The Hall–Kier alpha value is -1.10. The molecule has 0 radical (unpaired) electrons. The first kappa shape index (κ1) is 16.9. The summed E-state index contributed by atoms with van der Waals surface area (Å²) in [4.78, 5) is 22.6. The van der Waals surface area contributed by atoms with Crippen LogP contribution in [-0.4, -0.2) is 27.5 Å². The fraction of sp³-hybridized carbons (Fsp3) is 0.692. The summed E-state index contributed by atoms with van der Waals surface area (Å²) in [5.74, 6) is -1.27. The Morgan fingerprint density at radius 3 is 2.39 bits per heavy atom. The first-order valence-electron chi connectivity index (χ1n) is 6.36. The first-order chi connectivity index (χ1) is 8.35. The highest BCUT2D eigenvalue weighted by Gasteiger charge is 2.31. The Bertz CT molecular complexity index is 321. The maximum Gasteiger partial charge on any atom is 0.331 e. The molecule has 0 aliphatic heterocycles. The minimum Gasteiger partial charge on any atom is -0.529 e. The van der Waals surface area contributed by atoms with Crippen molar-refractivity contribution < 1.29 is 19.1 Å². The summed E-state index contributed by atoms with van der Waals surface area (Å²) in [5.41, 5.74) is -0.370. The molecular formula is C13H24O4Si. The molecule has 0 aromatic rings. The second-order valence-corrected chi connectivity index (χ2v) is 5.46. The molecule has 0 saturated carbocycles. The maximum absolute atomic E-state index is 11.3. The zero-order chi connectivity index (χ0) is 14.2. The number of carboxylic acid groups (broad SMARTS) is 1. The molecule has 0 amide bonds. The van der Waals surface area contributed by atoms with Crippen LogP contribution in [0, 0.1) is 5.41 Å². The van der Waals surface area contributed by atoms with Crippen LogP contribution in [0.2, 0.25) is 0 Å². The fourth-order valence-electron chi connectivity index (χ4n) is 1.82. The lowest BCUT2D eigenvalue weighted by Crippen LogP contribution is -2.25. The van der Waals surface area contributed by atoms with E-state index >= 15 is 0 Å². The molecule has 0 aromatic carbocycles. The Morgan fingerprint density at radius 1 is 1.33 bits per heavy atom. The zero-order valence-corrected chi connectivity index (χ0v) is 13.8. The van der Waals surface area contributed by atoms with Gasteiger partial charge >= 0.3 is 5.97 Å². The Kier molecular flexibility index (Phi) is 7.58. The zero-order valence-electron chi connectivity index (χ0n) is 11.8. The minimum atomic E-state index is -0.947. The summed E-state index contributed by atoms with van der Waals surface area (Å²) >= 11 is 0. The van der Waals surface area contributed by atoms with Crippen LogP contribution in [0.1, 0.15) is 52.9 Å². The Labute approximate surface area is 112 Å². The van der Waals surface area contributed by atoms with Gasteiger partial charge in [-0.2, -0.15) is 0 Å². The van der Waals surface area contributed by atoms with Gasteiger partial charge in [0.15, 0.2) is 0 Å². The average Bonchev–Trinajstić information content (AvgIpc) is 2.27. The van der Waals surface area contributed by atoms with E-state index in [0.717, 1.165) is 25.7 Å². The summed E-state index contributed by atoms with van der Waals surface area (Å²) in [6.07, 6.45) is 5.78. The minimum absolute atomic E-state index is 0.114. The number of allylic oxidation sites excluding steroid dienone is 1. The molecule has 0 atom stereocenters. The largest absolute Gasteiger partial charge is 0.529 e. The lowest BCUT2D eigenvalue weighted by atomic mass is 9.80. The number of aliphatic carboxylic acids is 1. The average molecular weight is 272 g/mol. The van der Waals surface area contributed by atoms with E-state index in [-0.39, 0.29) is 12.4 Å². The molecule has 0 spiro atoms. The van der Waals surface area contributed by atoms with Crippen molar-refractivity contribution in [2.24, 2.45) is 5.41 Å². The van der Waals surface area contributed by atoms with E-state index in [2.05, 4.69) is 6.92 Å². The second-order valence-electron chi connectivity index (χ2n) is 5.06. The van der Waals surface area contributed by atoms with E-state index in [1.807, 2.05) is 0 Å². The van der Waals surface area contributed by atoms with Gasteiger partial charge in [-0.15, -0.1) is 0 Å². The number of unbranched alkanes of at least 4 members (excludes halogenated alkanes) is 3. The van der Waals surface area contributed by atoms with Gasteiger partial charge in [-0.1, -0.05) is 39.7 Å². The SMILES string of the molecule is CCCCCC=C(C(=O)O)C(C)(C)CC(=O)O[SiH3]. The van der Waals surface area contributed by atoms with Crippen LogP contribution in [0.15, 0.2) is 11.6 Å². The number of rotatable bonds is 8. The Balaban J connectivity index is 4.75. The lowest BCUT2D eigenvalue weighted by Gasteiger charge is -2.24. The van der Waals surface area contributed by atoms with Crippen LogP contribution >= 0.6 is 0 Å². The number of carbonyl (C=O) groups is 2. The fourth-order valence-corrected chi connectivity index (χ4v) is 1.97. The van der Waals surface area contributed by atoms with Gasteiger partial charge in [-0.3, -0.25) is 4.79 Å². The van der Waals surface area contributed by atoms with Crippen molar-refractivity contribution in [3.05, 3.63) is 11.6 Å². The van der Waals surface area contributed by atoms with E-state index in [9.17, 15) is 14.7 Å². The Morgan fingerprint density at radius 2 is 1.94 bits per heavy atom. The molecule has 0 aliphatic carbocycles. The van der Waals surface area contributed by atoms with Gasteiger partial charge in [0.05, 0.1) is 6.42 Å². The molecule has 18 heavy (non-hydrogen) atoms. The molecule has 0 fully saturated rings. The van der Waals surface area contributed by atoms with Crippen molar-refractivity contribution in [3.63, 3.8) is 0 Å². The molecule has 0 bridgehead atoms. The van der Waals surface area contributed by atoms with Crippen molar-refractivity contribution in [3.8, 4) is 0 Å². The summed E-state index contributed by atoms with van der Waals surface area (Å²) in [5, 5.41) is 9.24. The first-order valence-corrected chi connectivity index (χ1v) is 7.17. The van der Waals surface area contributed by atoms with Crippen LogP contribution in [0.5, 0.6) is 0 Å². The number of carbonyl (C=O) groups excluding carboxylic acids is 1. The van der Waals surface area contributed by atoms with E-state index in [1.165, 1.54) is 0 Å². The van der Waals surface area contributed by atoms with Crippen LogP contribution < -0.4 is 0 Å². The van der Waals surface area contributed by atoms with Crippen LogP contribution in [0.4, 0.5) is 0 Å². The molecule has 0 heterocycles. The topological polar surface area (TPSA) is 63.6 Å². The monoisotopic (exact) mass is 272 g/mol. The molecule has 0 unspecified atom stereocenters. The summed E-state index contributed by atoms with van der Waals surface area (Å²) < 4.78 is 4.74. The highest BCUT2D eigenvalue weighted by molar-refractivity contribution is 6.05. The van der Waals surface area contributed by atoms with E-state index < -0.39 is 11.4 Å². The molecule has 1 N–H and O–H groups in total. The van der Waals surface area contributed by atoms with Crippen molar-refractivity contribution in [1.82, 2.24) is 0 Å². The highest BCUT2D eigenvalue weighted by atomic mass is 28.2. The summed E-state index contributed by atoms with van der Waals surface area (Å²) in [6, 6.07) is 0. The van der Waals surface area contributed by atoms with Crippen molar-refractivity contribution in [2.75, 3.05) is 0 Å². The predicted octanol–water partition coefficient (Wildman–Crippen LogP) is 1.82. The van der Waals surface area contributed by atoms with Crippen molar-refractivity contribution >= 4 is 22.4 Å². The standard InChI is InChI=1S/C13H24O4Si/c1-4-5-6-7-8-10(12(15)16)13(2,3)9-11(14)17-18/h8H,4-7,9H2,1-3,18H3,(H,15,16). The van der Waals surface area contributed by atoms with Crippen LogP contribution in [0.3, 0.4) is 0 Å². The molecule has 4 nitrogen and oxygen atoms in total. The third-order valence-corrected chi connectivity index (χ3v) is 3.38. The van der Waals surface area contributed by atoms with Crippen molar-refractivity contribution in [2.45, 2.75) is 52.9 Å². The molecular weight excluding hydrogens is 248 g/mol. The maximum atomic E-state index is 11.3. The van der Waals surface area contributed by atoms with Gasteiger partial charge in [0.1, 0.15) is 0 Å². The molecule has 0 rings (SSSR count). The molecule has 104 valence electrons. The quantitative estimate of drug-likeness (QED) is 0.416. The van der Waals surface area contributed by atoms with E-state index in [1.54, 1.807) is 19.9 Å². The second kappa shape index (κ2) is 8.08. The molecule has 5 heteroatoms. The third kappa shape index (κ3) is 6.00. The van der Waals surface area contributed by atoms with Gasteiger partial charge < -0.3 is 9.53 Å². The molecule has 0 aromatic heterocycles. The highest BCUT2D eigenvalue weighted by Crippen LogP contribution is 2.31. The van der Waals surface area contributed by atoms with Gasteiger partial charge in [-0.25, -0.2) is 4.79 Å². The van der Waals surface area contributed by atoms with Gasteiger partial charge in [-0.05, 0) is 12.8 Å². The number of carboxylic acids is 1. The number of hydrogen-bond acceptors (Lipinski definition) is 3. The van der Waals surface area contributed by atoms with E-state index in [0.29, 0.717) is 16.1 Å².